The Morgan fingerprint density at radius 2 is 1.90 bits per heavy atom. The number of aryl methyl sites for hydroxylation is 1. The van der Waals surface area contributed by atoms with Crippen molar-refractivity contribution in [3.05, 3.63) is 29.6 Å². The maximum atomic E-state index is 10.7. The minimum absolute atomic E-state index is 0.188. The van der Waals surface area contributed by atoms with Crippen LogP contribution in [0.25, 0.3) is 0 Å². The Bertz CT molecular complexity index is 423. The number of fused-ring (bicyclic) bond motifs is 1. The van der Waals surface area contributed by atoms with Gasteiger partial charge in [0.05, 0.1) is 6.10 Å². The van der Waals surface area contributed by atoms with Crippen LogP contribution in [-0.2, 0) is 6.42 Å². The second kappa shape index (κ2) is 6.71. The minimum atomic E-state index is -0.188. The van der Waals surface area contributed by atoms with Gasteiger partial charge in [0.25, 0.3) is 0 Å². The molecule has 1 heterocycles. The molecule has 1 N–H and O–H groups in total. The lowest BCUT2D eigenvalue weighted by Crippen LogP contribution is -2.26. The predicted octanol–water partition coefficient (Wildman–Crippen LogP) is 4.22. The highest BCUT2D eigenvalue weighted by molar-refractivity contribution is 5.26. The molecule has 0 saturated heterocycles. The summed E-state index contributed by atoms with van der Waals surface area (Å²) in [5, 5.41) is 10.7. The first-order valence-electron chi connectivity index (χ1n) is 8.46. The maximum absolute atomic E-state index is 10.7. The Balaban J connectivity index is 1.66. The van der Waals surface area contributed by atoms with Crippen molar-refractivity contribution in [2.75, 3.05) is 0 Å². The molecular weight excluding hydrogens is 246 g/mol. The first-order valence-corrected chi connectivity index (χ1v) is 8.46. The van der Waals surface area contributed by atoms with Crippen molar-refractivity contribution < 1.29 is 5.11 Å². The smallest absolute Gasteiger partial charge is 0.0626 e. The summed E-state index contributed by atoms with van der Waals surface area (Å²) in [5.41, 5.74) is 2.54. The Kier molecular flexibility index (Phi) is 4.72. The van der Waals surface area contributed by atoms with Crippen LogP contribution in [0, 0.1) is 5.92 Å². The standard InChI is InChI=1S/C18H27NO/c20-17(13-14-7-3-1-2-4-8-14)16-11-5-9-15-10-6-12-19-18(15)16/h6,10,12,14,16-17,20H,1-5,7-9,11,13H2. The quantitative estimate of drug-likeness (QED) is 0.836. The summed E-state index contributed by atoms with van der Waals surface area (Å²) in [6.45, 7) is 0. The fraction of sp³-hybridized carbons (Fsp3) is 0.722. The summed E-state index contributed by atoms with van der Waals surface area (Å²) < 4.78 is 0. The Morgan fingerprint density at radius 3 is 2.70 bits per heavy atom. The maximum Gasteiger partial charge on any atom is 0.0626 e. The number of pyridine rings is 1. The Hall–Kier alpha value is -0.890. The van der Waals surface area contributed by atoms with E-state index in [-0.39, 0.29) is 12.0 Å². The van der Waals surface area contributed by atoms with Gasteiger partial charge in [0.2, 0.25) is 0 Å². The SMILES string of the molecule is OC(CC1CCCCCC1)C1CCCc2cccnc21. The van der Waals surface area contributed by atoms with Crippen LogP contribution < -0.4 is 0 Å². The van der Waals surface area contributed by atoms with Gasteiger partial charge in [-0.1, -0.05) is 44.6 Å². The van der Waals surface area contributed by atoms with E-state index in [1.54, 1.807) is 0 Å². The van der Waals surface area contributed by atoms with E-state index in [1.807, 2.05) is 12.3 Å². The highest BCUT2D eigenvalue weighted by Gasteiger charge is 2.29. The van der Waals surface area contributed by atoms with Crippen LogP contribution in [0.1, 0.15) is 75.0 Å². The topological polar surface area (TPSA) is 33.1 Å². The third-order valence-electron chi connectivity index (χ3n) is 5.25. The molecule has 2 aliphatic carbocycles. The molecule has 0 radical (unpaired) electrons. The van der Waals surface area contributed by atoms with Crippen molar-refractivity contribution in [2.24, 2.45) is 5.92 Å². The first-order chi connectivity index (χ1) is 9.84. The summed E-state index contributed by atoms with van der Waals surface area (Å²) in [6.07, 6.45) is 14.3. The van der Waals surface area contributed by atoms with Crippen LogP contribution >= 0.6 is 0 Å². The van der Waals surface area contributed by atoms with Crippen LogP contribution in [0.15, 0.2) is 18.3 Å². The molecule has 2 nitrogen and oxygen atoms in total. The van der Waals surface area contributed by atoms with Gasteiger partial charge in [0, 0.05) is 17.8 Å². The number of nitrogens with zero attached hydrogens (tertiary/aromatic N) is 1. The highest BCUT2D eigenvalue weighted by Crippen LogP contribution is 2.36. The van der Waals surface area contributed by atoms with E-state index in [2.05, 4.69) is 11.1 Å². The number of hydrogen-bond acceptors (Lipinski definition) is 2. The summed E-state index contributed by atoms with van der Waals surface area (Å²) >= 11 is 0. The van der Waals surface area contributed by atoms with E-state index in [1.165, 1.54) is 56.2 Å². The van der Waals surface area contributed by atoms with Crippen molar-refractivity contribution >= 4 is 0 Å². The molecule has 0 amide bonds. The molecule has 2 unspecified atom stereocenters. The zero-order valence-electron chi connectivity index (χ0n) is 12.4. The van der Waals surface area contributed by atoms with E-state index in [0.29, 0.717) is 0 Å². The van der Waals surface area contributed by atoms with Gasteiger partial charge in [-0.2, -0.15) is 0 Å². The molecule has 2 heteroatoms. The summed E-state index contributed by atoms with van der Waals surface area (Å²) in [7, 11) is 0. The number of aliphatic hydroxyl groups is 1. The van der Waals surface area contributed by atoms with Crippen LogP contribution in [0.2, 0.25) is 0 Å². The zero-order valence-corrected chi connectivity index (χ0v) is 12.4. The molecule has 1 saturated carbocycles. The van der Waals surface area contributed by atoms with Gasteiger partial charge < -0.3 is 5.11 Å². The van der Waals surface area contributed by atoms with E-state index in [0.717, 1.165) is 25.2 Å². The number of aliphatic hydroxyl groups excluding tert-OH is 1. The molecule has 110 valence electrons. The molecule has 0 aliphatic heterocycles. The summed E-state index contributed by atoms with van der Waals surface area (Å²) in [4.78, 5) is 4.57. The molecule has 3 rings (SSSR count). The van der Waals surface area contributed by atoms with Crippen LogP contribution in [0.5, 0.6) is 0 Å². The highest BCUT2D eigenvalue weighted by atomic mass is 16.3. The average molecular weight is 273 g/mol. The van der Waals surface area contributed by atoms with Crippen molar-refractivity contribution in [3.63, 3.8) is 0 Å². The molecule has 20 heavy (non-hydrogen) atoms. The van der Waals surface area contributed by atoms with E-state index in [4.69, 9.17) is 0 Å². The lowest BCUT2D eigenvalue weighted by atomic mass is 9.79. The monoisotopic (exact) mass is 273 g/mol. The van der Waals surface area contributed by atoms with Gasteiger partial charge in [-0.05, 0) is 43.2 Å². The molecule has 1 aromatic heterocycles. The Morgan fingerprint density at radius 1 is 1.10 bits per heavy atom. The lowest BCUT2D eigenvalue weighted by Gasteiger charge is -2.30. The zero-order chi connectivity index (χ0) is 13.8. The lowest BCUT2D eigenvalue weighted by molar-refractivity contribution is 0.101. The number of rotatable bonds is 3. The normalized spacial score (nSPS) is 25.8. The van der Waals surface area contributed by atoms with Crippen molar-refractivity contribution in [1.82, 2.24) is 4.98 Å². The fourth-order valence-electron chi connectivity index (χ4n) is 4.13. The Labute approximate surface area is 122 Å². The van der Waals surface area contributed by atoms with Crippen molar-refractivity contribution in [3.8, 4) is 0 Å². The third kappa shape index (κ3) is 3.22. The van der Waals surface area contributed by atoms with Gasteiger partial charge in [-0.15, -0.1) is 0 Å². The van der Waals surface area contributed by atoms with Gasteiger partial charge in [-0.3, -0.25) is 4.98 Å². The van der Waals surface area contributed by atoms with Crippen molar-refractivity contribution in [1.29, 1.82) is 0 Å². The van der Waals surface area contributed by atoms with Crippen LogP contribution in [0.4, 0.5) is 0 Å². The molecule has 0 bridgehead atoms. The van der Waals surface area contributed by atoms with Crippen LogP contribution in [-0.4, -0.2) is 16.2 Å². The second-order valence-corrected chi connectivity index (χ2v) is 6.71. The molecular formula is C18H27NO. The molecule has 1 fully saturated rings. The van der Waals surface area contributed by atoms with Gasteiger partial charge in [0.15, 0.2) is 0 Å². The van der Waals surface area contributed by atoms with Crippen LogP contribution in [0.3, 0.4) is 0 Å². The minimum Gasteiger partial charge on any atom is -0.392 e. The molecule has 1 aromatic rings. The van der Waals surface area contributed by atoms with Gasteiger partial charge in [0.1, 0.15) is 0 Å². The van der Waals surface area contributed by atoms with Crippen molar-refractivity contribution in [2.45, 2.75) is 76.2 Å². The third-order valence-corrected chi connectivity index (χ3v) is 5.25. The number of hydrogen-bond donors (Lipinski definition) is 1. The number of aromatic nitrogens is 1. The summed E-state index contributed by atoms with van der Waals surface area (Å²) in [6, 6.07) is 4.21. The molecule has 0 aromatic carbocycles. The molecule has 0 spiro atoms. The molecule has 2 aliphatic rings. The van der Waals surface area contributed by atoms with Gasteiger partial charge >= 0.3 is 0 Å². The average Bonchev–Trinajstić information content (AvgIpc) is 2.75. The summed E-state index contributed by atoms with van der Waals surface area (Å²) in [5.74, 6) is 1.02. The second-order valence-electron chi connectivity index (χ2n) is 6.71. The fourth-order valence-corrected chi connectivity index (χ4v) is 4.13. The first kappa shape index (κ1) is 14.1. The van der Waals surface area contributed by atoms with E-state index in [9.17, 15) is 5.11 Å². The van der Waals surface area contributed by atoms with E-state index < -0.39 is 0 Å². The van der Waals surface area contributed by atoms with Gasteiger partial charge in [-0.25, -0.2) is 0 Å². The van der Waals surface area contributed by atoms with E-state index >= 15 is 0 Å². The molecule has 2 atom stereocenters. The largest absolute Gasteiger partial charge is 0.392 e. The predicted molar refractivity (Wildman–Crippen MR) is 81.7 cm³/mol.